The molecule has 6 nitrogen and oxygen atoms in total. The first-order valence-electron chi connectivity index (χ1n) is 7.86. The number of rotatable bonds is 5. The summed E-state index contributed by atoms with van der Waals surface area (Å²) in [4.78, 5) is 15.4. The smallest absolute Gasteiger partial charge is 0.327 e. The zero-order chi connectivity index (χ0) is 18.9. The fraction of sp³-hybridized carbons (Fsp3) is 0.353. The Morgan fingerprint density at radius 2 is 2.04 bits per heavy atom. The summed E-state index contributed by atoms with van der Waals surface area (Å²) >= 11 is 7.51. The zero-order valence-electron chi connectivity index (χ0n) is 14.3. The Kier molecular flexibility index (Phi) is 5.69. The highest BCUT2D eigenvalue weighted by Gasteiger charge is 2.34. The minimum Gasteiger partial charge on any atom is -0.468 e. The van der Waals surface area contributed by atoms with Gasteiger partial charge in [0, 0.05) is 23.0 Å². The van der Waals surface area contributed by atoms with Gasteiger partial charge in [0.05, 0.1) is 14.2 Å². The monoisotopic (exact) mass is 415 g/mol. The van der Waals surface area contributed by atoms with E-state index in [9.17, 15) is 13.2 Å². The molecule has 0 fully saturated rings. The van der Waals surface area contributed by atoms with Gasteiger partial charge in [-0.3, -0.25) is 9.08 Å². The van der Waals surface area contributed by atoms with Crippen LogP contribution in [0.1, 0.15) is 22.0 Å². The maximum Gasteiger partial charge on any atom is 0.327 e. The number of hydrogen-bond acceptors (Lipinski definition) is 7. The Hall–Kier alpha value is -1.45. The predicted molar refractivity (Wildman–Crippen MR) is 98.8 cm³/mol. The molecule has 2 aromatic rings. The van der Waals surface area contributed by atoms with Crippen LogP contribution in [0.5, 0.6) is 0 Å². The van der Waals surface area contributed by atoms with E-state index in [1.54, 1.807) is 24.3 Å². The van der Waals surface area contributed by atoms with Crippen molar-refractivity contribution in [1.82, 2.24) is 4.90 Å². The van der Waals surface area contributed by atoms with Gasteiger partial charge in [0.1, 0.15) is 10.3 Å². The second-order valence-electron chi connectivity index (χ2n) is 5.80. The molecular weight excluding hydrogens is 398 g/mol. The normalized spacial score (nSPS) is 16.1. The van der Waals surface area contributed by atoms with Gasteiger partial charge in [-0.1, -0.05) is 29.8 Å². The Morgan fingerprint density at radius 1 is 1.31 bits per heavy atom. The predicted octanol–water partition coefficient (Wildman–Crippen LogP) is 3.01. The summed E-state index contributed by atoms with van der Waals surface area (Å²) < 4.78 is 33.6. The molecule has 0 bridgehead atoms. The van der Waals surface area contributed by atoms with Crippen LogP contribution in [0.25, 0.3) is 0 Å². The van der Waals surface area contributed by atoms with E-state index in [-0.39, 0.29) is 4.21 Å². The van der Waals surface area contributed by atoms with Crippen LogP contribution >= 0.6 is 22.9 Å². The number of carbonyl (C=O) groups is 1. The number of benzene rings is 1. The standard InChI is InChI=1S/C17H18ClNO5S2/c1-23-17(20)16(12-5-3-4-6-13(12)18)19-8-7-14-11(10-19)9-15(25-14)26(21,22)24-2/h3-6,9,16H,7-8,10H2,1-2H3. The Bertz CT molecular complexity index is 925. The molecule has 0 N–H and O–H groups in total. The topological polar surface area (TPSA) is 72.9 Å². The molecule has 26 heavy (non-hydrogen) atoms. The molecule has 0 radical (unpaired) electrons. The maximum atomic E-state index is 12.5. The molecular formula is C17H18ClNO5S2. The van der Waals surface area contributed by atoms with Crippen molar-refractivity contribution < 1.29 is 22.1 Å². The lowest BCUT2D eigenvalue weighted by Crippen LogP contribution is -2.38. The number of esters is 1. The maximum absolute atomic E-state index is 12.5. The van der Waals surface area contributed by atoms with Crippen molar-refractivity contribution in [2.75, 3.05) is 20.8 Å². The molecule has 1 aliphatic heterocycles. The van der Waals surface area contributed by atoms with E-state index in [0.29, 0.717) is 30.1 Å². The van der Waals surface area contributed by atoms with E-state index in [1.807, 2.05) is 11.0 Å². The van der Waals surface area contributed by atoms with Crippen molar-refractivity contribution in [3.8, 4) is 0 Å². The molecule has 1 aromatic heterocycles. The second kappa shape index (κ2) is 7.66. The Balaban J connectivity index is 1.94. The Morgan fingerprint density at radius 3 is 2.69 bits per heavy atom. The molecule has 1 aromatic carbocycles. The molecule has 2 heterocycles. The van der Waals surface area contributed by atoms with E-state index in [4.69, 9.17) is 16.3 Å². The van der Waals surface area contributed by atoms with Gasteiger partial charge >= 0.3 is 16.1 Å². The third-order valence-corrected chi connectivity index (χ3v) is 7.62. The minimum atomic E-state index is -3.72. The van der Waals surface area contributed by atoms with Crippen LogP contribution in [0.15, 0.2) is 34.5 Å². The highest BCUT2D eigenvalue weighted by atomic mass is 35.5. The lowest BCUT2D eigenvalue weighted by molar-refractivity contribution is -0.147. The summed E-state index contributed by atoms with van der Waals surface area (Å²) in [6.45, 7) is 1.01. The molecule has 0 aliphatic carbocycles. The first kappa shape index (κ1) is 19.3. The number of nitrogens with zero attached hydrogens (tertiary/aromatic N) is 1. The van der Waals surface area contributed by atoms with Crippen LogP contribution in [0.4, 0.5) is 0 Å². The molecule has 0 saturated heterocycles. The van der Waals surface area contributed by atoms with Crippen LogP contribution in [-0.2, 0) is 36.8 Å². The summed E-state index contributed by atoms with van der Waals surface area (Å²) in [5.74, 6) is -0.401. The quantitative estimate of drug-likeness (QED) is 0.552. The van der Waals surface area contributed by atoms with Crippen molar-refractivity contribution in [2.45, 2.75) is 23.2 Å². The van der Waals surface area contributed by atoms with Crippen molar-refractivity contribution in [1.29, 1.82) is 0 Å². The number of fused-ring (bicyclic) bond motifs is 1. The third kappa shape index (κ3) is 3.65. The van der Waals surface area contributed by atoms with Crippen LogP contribution < -0.4 is 0 Å². The average molecular weight is 416 g/mol. The van der Waals surface area contributed by atoms with Crippen molar-refractivity contribution >= 4 is 39.0 Å². The zero-order valence-corrected chi connectivity index (χ0v) is 16.7. The van der Waals surface area contributed by atoms with Crippen molar-refractivity contribution in [3.63, 3.8) is 0 Å². The number of halogens is 1. The number of thiophene rings is 1. The fourth-order valence-corrected chi connectivity index (χ4v) is 5.53. The molecule has 0 spiro atoms. The highest BCUT2D eigenvalue weighted by Crippen LogP contribution is 2.36. The van der Waals surface area contributed by atoms with Crippen molar-refractivity contribution in [2.24, 2.45) is 0 Å². The summed E-state index contributed by atoms with van der Waals surface area (Å²) in [6.07, 6.45) is 0.636. The SMILES string of the molecule is COC(=O)C(c1ccccc1Cl)N1CCc2sc(S(=O)(=O)OC)cc2C1. The lowest BCUT2D eigenvalue weighted by atomic mass is 10.0. The molecule has 140 valence electrons. The van der Waals surface area contributed by atoms with Gasteiger partial charge in [0.25, 0.3) is 0 Å². The number of ether oxygens (including phenoxy) is 1. The molecule has 0 saturated carbocycles. The van der Waals surface area contributed by atoms with Gasteiger partial charge in [-0.2, -0.15) is 8.42 Å². The Labute approximate surface area is 161 Å². The number of carbonyl (C=O) groups excluding carboxylic acids is 1. The van der Waals surface area contributed by atoms with Gasteiger partial charge in [-0.15, -0.1) is 11.3 Å². The molecule has 0 amide bonds. The van der Waals surface area contributed by atoms with E-state index in [0.717, 1.165) is 17.6 Å². The van der Waals surface area contributed by atoms with Gasteiger partial charge in [0.2, 0.25) is 0 Å². The molecule has 9 heteroatoms. The summed E-state index contributed by atoms with van der Waals surface area (Å²) in [5, 5.41) is 0.488. The number of methoxy groups -OCH3 is 1. The third-order valence-electron chi connectivity index (χ3n) is 4.33. The summed E-state index contributed by atoms with van der Waals surface area (Å²) in [6, 6.07) is 8.12. The first-order valence-corrected chi connectivity index (χ1v) is 10.5. The number of hydrogen-bond donors (Lipinski definition) is 0. The van der Waals surface area contributed by atoms with Crippen molar-refractivity contribution in [3.05, 3.63) is 51.4 Å². The fourth-order valence-electron chi connectivity index (χ4n) is 3.03. The van der Waals surface area contributed by atoms with Crippen LogP contribution in [-0.4, -0.2) is 40.1 Å². The average Bonchev–Trinajstić information content (AvgIpc) is 3.07. The van der Waals surface area contributed by atoms with Gasteiger partial charge in [0.15, 0.2) is 0 Å². The van der Waals surface area contributed by atoms with Crippen LogP contribution in [0.3, 0.4) is 0 Å². The largest absolute Gasteiger partial charge is 0.468 e. The van der Waals surface area contributed by atoms with E-state index >= 15 is 0 Å². The first-order chi connectivity index (χ1) is 12.4. The van der Waals surface area contributed by atoms with E-state index in [2.05, 4.69) is 4.18 Å². The summed E-state index contributed by atoms with van der Waals surface area (Å²) in [5.41, 5.74) is 1.54. The molecule has 3 rings (SSSR count). The van der Waals surface area contributed by atoms with Gasteiger partial charge in [-0.25, -0.2) is 4.79 Å². The van der Waals surface area contributed by atoms with E-state index in [1.165, 1.54) is 18.4 Å². The minimum absolute atomic E-state index is 0.180. The van der Waals surface area contributed by atoms with Gasteiger partial charge in [-0.05, 0) is 29.7 Å². The molecule has 1 unspecified atom stereocenters. The molecule has 1 aliphatic rings. The lowest BCUT2D eigenvalue weighted by Gasteiger charge is -2.33. The molecule has 1 atom stereocenters. The second-order valence-corrected chi connectivity index (χ2v) is 9.29. The van der Waals surface area contributed by atoms with Gasteiger partial charge < -0.3 is 4.74 Å². The van der Waals surface area contributed by atoms with E-state index < -0.39 is 22.1 Å². The van der Waals surface area contributed by atoms with Crippen LogP contribution in [0.2, 0.25) is 5.02 Å². The van der Waals surface area contributed by atoms with Crippen LogP contribution in [0, 0.1) is 0 Å². The highest BCUT2D eigenvalue weighted by molar-refractivity contribution is 7.89. The summed E-state index contributed by atoms with van der Waals surface area (Å²) in [7, 11) is -1.24.